The average Bonchev–Trinajstić information content (AvgIpc) is 2.67. The van der Waals surface area contributed by atoms with Crippen molar-refractivity contribution in [3.8, 4) is 0 Å². The third-order valence-electron chi connectivity index (χ3n) is 5.92. The summed E-state index contributed by atoms with van der Waals surface area (Å²) in [5, 5.41) is 3.47. The lowest BCUT2D eigenvalue weighted by atomic mass is 9.68. The van der Waals surface area contributed by atoms with E-state index in [0.717, 1.165) is 5.92 Å². The number of ether oxygens (including phenoxy) is 1. The fourth-order valence-electron chi connectivity index (χ4n) is 4.29. The normalized spacial score (nSPS) is 33.8. The summed E-state index contributed by atoms with van der Waals surface area (Å²) in [7, 11) is 0. The Bertz CT molecular complexity index is 289. The summed E-state index contributed by atoms with van der Waals surface area (Å²) in [6, 6.07) is 0. The van der Waals surface area contributed by atoms with E-state index in [9.17, 15) is 0 Å². The molecule has 1 unspecified atom stereocenters. The van der Waals surface area contributed by atoms with Crippen molar-refractivity contribution in [2.24, 2.45) is 11.3 Å². The molecule has 0 aromatic heterocycles. The van der Waals surface area contributed by atoms with Crippen molar-refractivity contribution in [1.29, 1.82) is 0 Å². The zero-order valence-electron chi connectivity index (χ0n) is 12.1. The summed E-state index contributed by atoms with van der Waals surface area (Å²) in [5.41, 5.74) is 0.836. The van der Waals surface area contributed by atoms with Gasteiger partial charge in [-0.15, -0.1) is 0 Å². The van der Waals surface area contributed by atoms with Crippen LogP contribution in [0.15, 0.2) is 0 Å². The minimum Gasteiger partial charge on any atom is -0.372 e. The van der Waals surface area contributed by atoms with Gasteiger partial charge in [0.1, 0.15) is 0 Å². The van der Waals surface area contributed by atoms with Gasteiger partial charge in [0, 0.05) is 18.5 Å². The molecule has 0 aromatic rings. The van der Waals surface area contributed by atoms with Gasteiger partial charge in [-0.2, -0.15) is 0 Å². The molecule has 1 spiro atoms. The van der Waals surface area contributed by atoms with Crippen LogP contribution < -0.4 is 5.32 Å². The molecule has 0 aromatic carbocycles. The molecule has 2 heterocycles. The number of nitrogens with one attached hydrogen (secondary N) is 1. The number of rotatable bonds is 3. The molecule has 0 amide bonds. The summed E-state index contributed by atoms with van der Waals surface area (Å²) < 4.78 is 6.54. The first-order chi connectivity index (χ1) is 8.64. The SMILES string of the molecule is CC(C)C1(CC2CCC3(CCCCC3)O2)CNC1. The van der Waals surface area contributed by atoms with Crippen molar-refractivity contribution in [3.05, 3.63) is 0 Å². The van der Waals surface area contributed by atoms with Gasteiger partial charge in [0.25, 0.3) is 0 Å². The highest BCUT2D eigenvalue weighted by Crippen LogP contribution is 2.46. The Labute approximate surface area is 112 Å². The van der Waals surface area contributed by atoms with Gasteiger partial charge >= 0.3 is 0 Å². The largest absolute Gasteiger partial charge is 0.372 e. The van der Waals surface area contributed by atoms with Crippen molar-refractivity contribution < 1.29 is 4.74 Å². The van der Waals surface area contributed by atoms with Crippen LogP contribution in [-0.2, 0) is 4.74 Å². The standard InChI is InChI=1S/C16H29NO/c1-13(2)15(11-17-12-15)10-14-6-9-16(18-14)7-4-3-5-8-16/h13-14,17H,3-12H2,1-2H3. The predicted molar refractivity (Wildman–Crippen MR) is 74.7 cm³/mol. The Hall–Kier alpha value is -0.0800. The predicted octanol–water partition coefficient (Wildman–Crippen LogP) is 3.50. The van der Waals surface area contributed by atoms with Crippen LogP contribution in [0.25, 0.3) is 0 Å². The van der Waals surface area contributed by atoms with E-state index in [2.05, 4.69) is 19.2 Å². The van der Waals surface area contributed by atoms with Crippen LogP contribution in [0.4, 0.5) is 0 Å². The highest BCUT2D eigenvalue weighted by Gasteiger charge is 2.47. The minimum absolute atomic E-state index is 0.304. The van der Waals surface area contributed by atoms with Crippen LogP contribution in [0.3, 0.4) is 0 Å². The van der Waals surface area contributed by atoms with Crippen molar-refractivity contribution >= 4 is 0 Å². The Morgan fingerprint density at radius 2 is 1.83 bits per heavy atom. The van der Waals surface area contributed by atoms with Gasteiger partial charge in [0.05, 0.1) is 11.7 Å². The highest BCUT2D eigenvalue weighted by atomic mass is 16.5. The molecule has 18 heavy (non-hydrogen) atoms. The Morgan fingerprint density at radius 3 is 2.39 bits per heavy atom. The summed E-state index contributed by atoms with van der Waals surface area (Å²) in [5.74, 6) is 0.783. The molecule has 1 aliphatic carbocycles. The molecule has 3 fully saturated rings. The van der Waals surface area contributed by atoms with Gasteiger partial charge in [-0.25, -0.2) is 0 Å². The first-order valence-electron chi connectivity index (χ1n) is 8.03. The molecular formula is C16H29NO. The fraction of sp³-hybridized carbons (Fsp3) is 1.00. The lowest BCUT2D eigenvalue weighted by Crippen LogP contribution is -2.57. The summed E-state index contributed by atoms with van der Waals surface area (Å²) >= 11 is 0. The second kappa shape index (κ2) is 4.79. The van der Waals surface area contributed by atoms with Crippen LogP contribution in [0.1, 0.15) is 65.2 Å². The molecule has 3 aliphatic rings. The molecule has 2 heteroatoms. The second-order valence-electron chi connectivity index (χ2n) is 7.35. The fourth-order valence-corrected chi connectivity index (χ4v) is 4.29. The van der Waals surface area contributed by atoms with E-state index in [1.54, 1.807) is 0 Å². The van der Waals surface area contributed by atoms with Gasteiger partial charge in [-0.1, -0.05) is 33.1 Å². The molecular weight excluding hydrogens is 222 g/mol. The molecule has 0 radical (unpaired) electrons. The zero-order chi connectivity index (χ0) is 12.6. The molecule has 1 saturated carbocycles. The first-order valence-corrected chi connectivity index (χ1v) is 8.03. The molecule has 1 N–H and O–H groups in total. The van der Waals surface area contributed by atoms with Crippen LogP contribution in [0.5, 0.6) is 0 Å². The maximum atomic E-state index is 6.54. The van der Waals surface area contributed by atoms with E-state index in [0.29, 0.717) is 17.1 Å². The molecule has 0 bridgehead atoms. The zero-order valence-corrected chi connectivity index (χ0v) is 12.1. The topological polar surface area (TPSA) is 21.3 Å². The highest BCUT2D eigenvalue weighted by molar-refractivity contribution is 4.99. The van der Waals surface area contributed by atoms with E-state index >= 15 is 0 Å². The third kappa shape index (κ3) is 2.22. The molecule has 1 atom stereocenters. The monoisotopic (exact) mass is 251 g/mol. The van der Waals surface area contributed by atoms with Gasteiger partial charge in [0.15, 0.2) is 0 Å². The molecule has 3 rings (SSSR count). The Balaban J connectivity index is 1.59. The van der Waals surface area contributed by atoms with Crippen molar-refractivity contribution in [2.75, 3.05) is 13.1 Å². The minimum atomic E-state index is 0.304. The van der Waals surface area contributed by atoms with Crippen LogP contribution in [-0.4, -0.2) is 24.8 Å². The Morgan fingerprint density at radius 1 is 1.11 bits per heavy atom. The van der Waals surface area contributed by atoms with E-state index in [1.807, 2.05) is 0 Å². The van der Waals surface area contributed by atoms with Crippen molar-refractivity contribution in [1.82, 2.24) is 5.32 Å². The number of hydrogen-bond donors (Lipinski definition) is 1. The van der Waals surface area contributed by atoms with Gasteiger partial charge in [-0.05, 0) is 38.0 Å². The van der Waals surface area contributed by atoms with Gasteiger partial charge in [-0.3, -0.25) is 0 Å². The van der Waals surface area contributed by atoms with Crippen molar-refractivity contribution in [2.45, 2.75) is 76.9 Å². The van der Waals surface area contributed by atoms with Crippen LogP contribution in [0, 0.1) is 11.3 Å². The smallest absolute Gasteiger partial charge is 0.0687 e. The average molecular weight is 251 g/mol. The van der Waals surface area contributed by atoms with E-state index in [-0.39, 0.29) is 0 Å². The quantitative estimate of drug-likeness (QED) is 0.829. The Kier molecular flexibility index (Phi) is 3.44. The molecule has 2 saturated heterocycles. The lowest BCUT2D eigenvalue weighted by molar-refractivity contribution is -0.0877. The molecule has 2 aliphatic heterocycles. The summed E-state index contributed by atoms with van der Waals surface area (Å²) in [6.07, 6.45) is 11.4. The maximum Gasteiger partial charge on any atom is 0.0687 e. The molecule has 2 nitrogen and oxygen atoms in total. The van der Waals surface area contributed by atoms with E-state index in [1.165, 1.54) is 64.5 Å². The van der Waals surface area contributed by atoms with Crippen LogP contribution in [0.2, 0.25) is 0 Å². The summed E-state index contributed by atoms with van der Waals surface area (Å²) in [6.45, 7) is 7.17. The van der Waals surface area contributed by atoms with Gasteiger partial charge < -0.3 is 10.1 Å². The summed E-state index contributed by atoms with van der Waals surface area (Å²) in [4.78, 5) is 0. The van der Waals surface area contributed by atoms with Crippen LogP contribution >= 0.6 is 0 Å². The van der Waals surface area contributed by atoms with E-state index in [4.69, 9.17) is 4.74 Å². The lowest BCUT2D eigenvalue weighted by Gasteiger charge is -2.48. The maximum absolute atomic E-state index is 6.54. The second-order valence-corrected chi connectivity index (χ2v) is 7.35. The van der Waals surface area contributed by atoms with Gasteiger partial charge in [0.2, 0.25) is 0 Å². The third-order valence-corrected chi connectivity index (χ3v) is 5.92. The first kappa shape index (κ1) is 12.9. The molecule has 104 valence electrons. The van der Waals surface area contributed by atoms with Crippen molar-refractivity contribution in [3.63, 3.8) is 0 Å². The van der Waals surface area contributed by atoms with E-state index < -0.39 is 0 Å². The number of hydrogen-bond acceptors (Lipinski definition) is 2.